The fourth-order valence-electron chi connectivity index (χ4n) is 4.32. The van der Waals surface area contributed by atoms with Crippen molar-refractivity contribution in [2.45, 2.75) is 84.4 Å². The summed E-state index contributed by atoms with van der Waals surface area (Å²) in [6.45, 7) is 8.67. The fourth-order valence-corrected chi connectivity index (χ4v) is 4.32. The summed E-state index contributed by atoms with van der Waals surface area (Å²) in [5.74, 6) is -2.10. The summed E-state index contributed by atoms with van der Waals surface area (Å²) in [4.78, 5) is 37.3. The Labute approximate surface area is 233 Å². The Hall–Kier alpha value is -2.05. The third-order valence-electron chi connectivity index (χ3n) is 7.11. The van der Waals surface area contributed by atoms with E-state index in [1.807, 2.05) is 20.8 Å². The second-order valence-corrected chi connectivity index (χ2v) is 10.4. The summed E-state index contributed by atoms with van der Waals surface area (Å²) < 4.78 is 27.6. The van der Waals surface area contributed by atoms with Crippen molar-refractivity contribution < 1.29 is 48.3 Å². The van der Waals surface area contributed by atoms with Crippen LogP contribution in [-0.2, 0) is 38.1 Å². The van der Waals surface area contributed by atoms with E-state index in [9.17, 15) is 24.6 Å². The smallest absolute Gasteiger partial charge is 0.337 e. The third kappa shape index (κ3) is 13.7. The monoisotopic (exact) mass is 561 g/mol. The van der Waals surface area contributed by atoms with E-state index >= 15 is 0 Å². The highest BCUT2D eigenvalue weighted by Gasteiger charge is 2.36. The Balaban J connectivity index is 5.96. The number of aliphatic hydroxyl groups excluding tert-OH is 2. The largest absolute Gasteiger partial charge is 0.462 e. The van der Waals surface area contributed by atoms with Crippen molar-refractivity contribution in [2.75, 3.05) is 41.6 Å². The van der Waals surface area contributed by atoms with Crippen LogP contribution in [-0.4, -0.2) is 106 Å². The molecule has 0 heterocycles. The molecular formula is C28H51NO10. The van der Waals surface area contributed by atoms with Gasteiger partial charge in [0.25, 0.3) is 0 Å². The molecule has 0 aromatic heterocycles. The van der Waals surface area contributed by atoms with Gasteiger partial charge in [0.15, 0.2) is 6.10 Å². The number of methoxy groups -OCH3 is 3. The first kappa shape index (κ1) is 37.0. The highest BCUT2D eigenvalue weighted by molar-refractivity contribution is 5.75. The van der Waals surface area contributed by atoms with Gasteiger partial charge in [0.05, 0.1) is 18.8 Å². The molecule has 39 heavy (non-hydrogen) atoms. The highest BCUT2D eigenvalue weighted by Crippen LogP contribution is 2.29. The molecule has 11 nitrogen and oxygen atoms in total. The summed E-state index contributed by atoms with van der Waals surface area (Å²) in [5, 5.41) is 19.8. The standard InChI is InChI=1S/C28H51NO10/c1-18(25(36-8)14-23(33)20(3)15-30)10-11-24(39-28(34)26(37-9)16-35-7)21(4)27(38-22(5)32)19(2)12-13-29(6)17-31/h12-13,17-21,23-27,30,33H,10-11,14-16H2,1-9H3/b13-12+/t18-,19+,20+,21-,23-,24+,25-,26?,27+/m0/s1. The molecule has 228 valence electrons. The maximum Gasteiger partial charge on any atom is 0.337 e. The second-order valence-electron chi connectivity index (χ2n) is 10.4. The zero-order valence-electron chi connectivity index (χ0n) is 25.1. The van der Waals surface area contributed by atoms with E-state index < -0.39 is 42.3 Å². The van der Waals surface area contributed by atoms with Crippen molar-refractivity contribution in [3.63, 3.8) is 0 Å². The van der Waals surface area contributed by atoms with E-state index in [0.717, 1.165) is 0 Å². The van der Waals surface area contributed by atoms with E-state index in [0.29, 0.717) is 25.7 Å². The zero-order chi connectivity index (χ0) is 30.1. The first-order valence-corrected chi connectivity index (χ1v) is 13.4. The van der Waals surface area contributed by atoms with Gasteiger partial charge in [0.1, 0.15) is 12.2 Å². The van der Waals surface area contributed by atoms with E-state index in [1.54, 1.807) is 33.4 Å². The van der Waals surface area contributed by atoms with Crippen LogP contribution in [0.3, 0.4) is 0 Å². The minimum absolute atomic E-state index is 0.0179. The topological polar surface area (TPSA) is 141 Å². The molecule has 0 aliphatic heterocycles. The molecular weight excluding hydrogens is 510 g/mol. The Morgan fingerprint density at radius 2 is 1.59 bits per heavy atom. The second kappa shape index (κ2) is 19.9. The molecule has 0 aliphatic rings. The van der Waals surface area contributed by atoms with Crippen LogP contribution < -0.4 is 0 Å². The molecule has 0 fully saturated rings. The molecule has 9 atom stereocenters. The Morgan fingerprint density at radius 1 is 0.949 bits per heavy atom. The number of carbonyl (C=O) groups is 3. The average Bonchev–Trinajstić information content (AvgIpc) is 2.92. The molecule has 1 amide bonds. The lowest BCUT2D eigenvalue weighted by Crippen LogP contribution is -2.42. The van der Waals surface area contributed by atoms with E-state index in [-0.39, 0.29) is 37.1 Å². The summed E-state index contributed by atoms with van der Waals surface area (Å²) in [5.41, 5.74) is 0. The van der Waals surface area contributed by atoms with Crippen LogP contribution in [0.2, 0.25) is 0 Å². The van der Waals surface area contributed by atoms with Gasteiger partial charge in [-0.1, -0.05) is 33.8 Å². The summed E-state index contributed by atoms with van der Waals surface area (Å²) in [7, 11) is 6.02. The molecule has 11 heteroatoms. The van der Waals surface area contributed by atoms with Crippen LogP contribution >= 0.6 is 0 Å². The van der Waals surface area contributed by atoms with Crippen molar-refractivity contribution in [3.05, 3.63) is 12.3 Å². The van der Waals surface area contributed by atoms with Gasteiger partial charge in [-0.25, -0.2) is 4.79 Å². The summed E-state index contributed by atoms with van der Waals surface area (Å²) >= 11 is 0. The van der Waals surface area contributed by atoms with Gasteiger partial charge in [-0.2, -0.15) is 0 Å². The van der Waals surface area contributed by atoms with Crippen molar-refractivity contribution in [1.82, 2.24) is 4.90 Å². The average molecular weight is 562 g/mol. The molecule has 0 saturated carbocycles. The molecule has 0 saturated heterocycles. The normalized spacial score (nSPS) is 18.7. The predicted octanol–water partition coefficient (Wildman–Crippen LogP) is 2.18. The number of hydrogen-bond donors (Lipinski definition) is 2. The number of ether oxygens (including phenoxy) is 5. The molecule has 1 unspecified atom stereocenters. The Bertz CT molecular complexity index is 733. The van der Waals surface area contributed by atoms with E-state index in [2.05, 4.69) is 0 Å². The molecule has 2 N–H and O–H groups in total. The van der Waals surface area contributed by atoms with Crippen molar-refractivity contribution in [2.24, 2.45) is 23.7 Å². The van der Waals surface area contributed by atoms with Crippen molar-refractivity contribution >= 4 is 18.3 Å². The minimum atomic E-state index is -0.922. The van der Waals surface area contributed by atoms with Crippen LogP contribution in [0.25, 0.3) is 0 Å². The van der Waals surface area contributed by atoms with Crippen molar-refractivity contribution in [1.29, 1.82) is 0 Å². The van der Waals surface area contributed by atoms with Gasteiger partial charge < -0.3 is 38.8 Å². The lowest BCUT2D eigenvalue weighted by Gasteiger charge is -2.34. The summed E-state index contributed by atoms with van der Waals surface area (Å²) in [6.07, 6.45) is 2.11. The highest BCUT2D eigenvalue weighted by atomic mass is 16.6. The Kier molecular flexibility index (Phi) is 18.9. The minimum Gasteiger partial charge on any atom is -0.462 e. The van der Waals surface area contributed by atoms with Crippen LogP contribution in [0.4, 0.5) is 0 Å². The number of aliphatic hydroxyl groups is 2. The lowest BCUT2D eigenvalue weighted by atomic mass is 9.84. The first-order chi connectivity index (χ1) is 18.4. The summed E-state index contributed by atoms with van der Waals surface area (Å²) in [6, 6.07) is 0. The van der Waals surface area contributed by atoms with Gasteiger partial charge in [0, 0.05) is 72.3 Å². The van der Waals surface area contributed by atoms with Gasteiger partial charge in [-0.05, 0) is 18.8 Å². The molecule has 0 spiro atoms. The molecule has 0 radical (unpaired) electrons. The van der Waals surface area contributed by atoms with Gasteiger partial charge in [-0.3, -0.25) is 9.59 Å². The Morgan fingerprint density at radius 3 is 2.08 bits per heavy atom. The number of nitrogens with zero attached hydrogens (tertiary/aromatic N) is 1. The number of esters is 2. The maximum atomic E-state index is 13.0. The fraction of sp³-hybridized carbons (Fsp3) is 0.821. The van der Waals surface area contributed by atoms with Crippen LogP contribution in [0, 0.1) is 23.7 Å². The zero-order valence-corrected chi connectivity index (χ0v) is 25.1. The van der Waals surface area contributed by atoms with Crippen LogP contribution in [0.5, 0.6) is 0 Å². The molecule has 0 aromatic rings. The predicted molar refractivity (Wildman–Crippen MR) is 145 cm³/mol. The number of rotatable bonds is 21. The molecule has 0 bridgehead atoms. The van der Waals surface area contributed by atoms with E-state index in [4.69, 9.17) is 23.7 Å². The van der Waals surface area contributed by atoms with Crippen molar-refractivity contribution in [3.8, 4) is 0 Å². The van der Waals surface area contributed by atoms with Gasteiger partial charge in [0.2, 0.25) is 6.41 Å². The lowest BCUT2D eigenvalue weighted by molar-refractivity contribution is -0.173. The van der Waals surface area contributed by atoms with Gasteiger partial charge in [-0.15, -0.1) is 0 Å². The number of carbonyl (C=O) groups excluding carboxylic acids is 3. The first-order valence-electron chi connectivity index (χ1n) is 13.4. The third-order valence-corrected chi connectivity index (χ3v) is 7.11. The molecule has 0 rings (SSSR count). The van der Waals surface area contributed by atoms with Crippen LogP contribution in [0.15, 0.2) is 12.3 Å². The quantitative estimate of drug-likeness (QED) is 0.158. The van der Waals surface area contributed by atoms with Crippen LogP contribution in [0.1, 0.15) is 53.9 Å². The number of amides is 1. The van der Waals surface area contributed by atoms with E-state index in [1.165, 1.54) is 26.0 Å². The van der Waals surface area contributed by atoms with Gasteiger partial charge >= 0.3 is 11.9 Å². The number of hydrogen-bond acceptors (Lipinski definition) is 10. The molecule has 0 aliphatic carbocycles. The molecule has 0 aromatic carbocycles. The SMILES string of the molecule is COCC(OC)C(=O)O[C@H](CC[C@H](C)[C@H](C[C@H](O)[C@H](C)CO)OC)[C@H](C)[C@H](OC(C)=O)[C@H](C)/C=C/N(C)C=O. The maximum absolute atomic E-state index is 13.0.